The van der Waals surface area contributed by atoms with Gasteiger partial charge in [-0.2, -0.15) is 5.10 Å². The molecule has 0 saturated carbocycles. The van der Waals surface area contributed by atoms with Crippen LogP contribution < -0.4 is 5.32 Å². The predicted molar refractivity (Wildman–Crippen MR) is 69.5 cm³/mol. The second-order valence-corrected chi connectivity index (χ2v) is 4.45. The summed E-state index contributed by atoms with van der Waals surface area (Å²) in [6.07, 6.45) is 4.10. The Hall–Kier alpha value is -2.18. The van der Waals surface area contributed by atoms with Crippen LogP contribution in [0.2, 0.25) is 0 Å². The quantitative estimate of drug-likeness (QED) is 0.847. The van der Waals surface area contributed by atoms with Crippen LogP contribution in [0.3, 0.4) is 0 Å². The second-order valence-electron chi connectivity index (χ2n) is 4.45. The van der Waals surface area contributed by atoms with Gasteiger partial charge in [0.25, 0.3) is 5.91 Å². The van der Waals surface area contributed by atoms with Crippen LogP contribution in [0.1, 0.15) is 48.4 Å². The van der Waals surface area contributed by atoms with E-state index in [1.165, 1.54) is 6.33 Å². The third-order valence-electron chi connectivity index (χ3n) is 2.73. The number of H-pyrrole nitrogens is 1. The van der Waals surface area contributed by atoms with Crippen LogP contribution in [0.5, 0.6) is 0 Å². The molecule has 0 aliphatic carbocycles. The van der Waals surface area contributed by atoms with Crippen molar-refractivity contribution in [2.45, 2.75) is 39.8 Å². The Morgan fingerprint density at radius 1 is 1.53 bits per heavy atom. The van der Waals surface area contributed by atoms with Gasteiger partial charge in [0, 0.05) is 18.4 Å². The summed E-state index contributed by atoms with van der Waals surface area (Å²) in [6.45, 7) is 6.59. The summed E-state index contributed by atoms with van der Waals surface area (Å²) in [4.78, 5) is 23.1. The molecule has 1 amide bonds. The minimum absolute atomic E-state index is 0.216. The van der Waals surface area contributed by atoms with Gasteiger partial charge in [-0.15, -0.1) is 0 Å². The molecule has 1 atom stereocenters. The third kappa shape index (κ3) is 2.98. The van der Waals surface area contributed by atoms with E-state index in [0.717, 1.165) is 24.5 Å². The normalized spacial score (nSPS) is 12.4. The van der Waals surface area contributed by atoms with Crippen molar-refractivity contribution in [1.29, 1.82) is 0 Å². The number of aromatic nitrogens is 5. The number of hydrogen-bond donors (Lipinski definition) is 2. The van der Waals surface area contributed by atoms with Crippen molar-refractivity contribution in [3.8, 4) is 0 Å². The molecule has 2 aromatic rings. The van der Waals surface area contributed by atoms with Gasteiger partial charge >= 0.3 is 0 Å². The molecule has 0 radical (unpaired) electrons. The summed E-state index contributed by atoms with van der Waals surface area (Å²) in [5.74, 6) is 0.816. The maximum absolute atomic E-state index is 12.0. The predicted octanol–water partition coefficient (Wildman–Crippen LogP) is 1.21. The highest BCUT2D eigenvalue weighted by molar-refractivity contribution is 5.90. The molecule has 1 unspecified atom stereocenters. The van der Waals surface area contributed by atoms with Crippen molar-refractivity contribution in [2.75, 3.05) is 0 Å². The molecule has 0 aromatic carbocycles. The number of carbonyl (C=O) groups excluding carboxylic acids is 1. The van der Waals surface area contributed by atoms with Gasteiger partial charge in [0.15, 0.2) is 5.82 Å². The molecule has 19 heavy (non-hydrogen) atoms. The first-order valence-electron chi connectivity index (χ1n) is 6.32. The summed E-state index contributed by atoms with van der Waals surface area (Å²) in [6, 6.07) is -0.216. The van der Waals surface area contributed by atoms with Crippen molar-refractivity contribution in [3.63, 3.8) is 0 Å². The molecule has 7 nitrogen and oxygen atoms in total. The van der Waals surface area contributed by atoms with E-state index in [1.54, 1.807) is 10.9 Å². The fraction of sp³-hybridized carbons (Fsp3) is 0.500. The Kier molecular flexibility index (Phi) is 3.94. The van der Waals surface area contributed by atoms with Crippen molar-refractivity contribution in [3.05, 3.63) is 29.9 Å². The lowest BCUT2D eigenvalue weighted by molar-refractivity contribution is 0.0927. The summed E-state index contributed by atoms with van der Waals surface area (Å²) in [5, 5.41) is 7.00. The maximum Gasteiger partial charge on any atom is 0.287 e. The highest BCUT2D eigenvalue weighted by atomic mass is 16.2. The van der Waals surface area contributed by atoms with E-state index in [9.17, 15) is 4.79 Å². The van der Waals surface area contributed by atoms with E-state index in [-0.39, 0.29) is 11.9 Å². The van der Waals surface area contributed by atoms with Gasteiger partial charge in [-0.05, 0) is 20.3 Å². The number of hydrogen-bond acceptors (Lipinski definition) is 4. The largest absolute Gasteiger partial charge is 0.340 e. The molecule has 0 bridgehead atoms. The average Bonchev–Trinajstić information content (AvgIpc) is 2.98. The zero-order chi connectivity index (χ0) is 13.8. The number of rotatable bonds is 5. The first kappa shape index (κ1) is 13.3. The molecule has 0 aliphatic heterocycles. The minimum Gasteiger partial charge on any atom is -0.340 e. The Labute approximate surface area is 111 Å². The van der Waals surface area contributed by atoms with Gasteiger partial charge < -0.3 is 10.3 Å². The molecule has 7 heteroatoms. The van der Waals surface area contributed by atoms with Crippen LogP contribution >= 0.6 is 0 Å². The van der Waals surface area contributed by atoms with Crippen molar-refractivity contribution in [2.24, 2.45) is 0 Å². The lowest BCUT2D eigenvalue weighted by Gasteiger charge is -2.13. The van der Waals surface area contributed by atoms with E-state index in [4.69, 9.17) is 0 Å². The third-order valence-corrected chi connectivity index (χ3v) is 2.73. The lowest BCUT2D eigenvalue weighted by Crippen LogP contribution is -2.29. The molecule has 102 valence electrons. The Morgan fingerprint density at radius 3 is 2.95 bits per heavy atom. The van der Waals surface area contributed by atoms with Crippen molar-refractivity contribution >= 4 is 5.91 Å². The summed E-state index contributed by atoms with van der Waals surface area (Å²) >= 11 is 0. The number of imidazole rings is 1. The zero-order valence-electron chi connectivity index (χ0n) is 11.3. The van der Waals surface area contributed by atoms with Crippen LogP contribution in [-0.2, 0) is 6.54 Å². The second kappa shape index (κ2) is 5.64. The first-order chi connectivity index (χ1) is 9.11. The summed E-state index contributed by atoms with van der Waals surface area (Å²) in [7, 11) is 0. The number of amides is 1. The van der Waals surface area contributed by atoms with E-state index in [1.807, 2.05) is 13.8 Å². The molecule has 2 N–H and O–H groups in total. The number of nitrogens with zero attached hydrogens (tertiary/aromatic N) is 4. The molecule has 2 aromatic heterocycles. The van der Waals surface area contributed by atoms with Gasteiger partial charge in [0.05, 0.1) is 6.04 Å². The van der Waals surface area contributed by atoms with Gasteiger partial charge in [0.2, 0.25) is 0 Å². The number of carbonyl (C=O) groups is 1. The van der Waals surface area contributed by atoms with Gasteiger partial charge in [-0.1, -0.05) is 6.92 Å². The smallest absolute Gasteiger partial charge is 0.287 e. The average molecular weight is 262 g/mol. The van der Waals surface area contributed by atoms with Gasteiger partial charge in [-0.3, -0.25) is 4.79 Å². The van der Waals surface area contributed by atoms with E-state index in [0.29, 0.717) is 5.82 Å². The van der Waals surface area contributed by atoms with Gasteiger partial charge in [-0.25, -0.2) is 14.6 Å². The molecular formula is C12H18N6O. The Morgan fingerprint density at radius 2 is 2.32 bits per heavy atom. The van der Waals surface area contributed by atoms with Crippen LogP contribution in [0.15, 0.2) is 12.5 Å². The van der Waals surface area contributed by atoms with Crippen LogP contribution in [0.25, 0.3) is 0 Å². The monoisotopic (exact) mass is 262 g/mol. The van der Waals surface area contributed by atoms with Gasteiger partial charge in [0.1, 0.15) is 12.2 Å². The molecule has 0 aliphatic rings. The van der Waals surface area contributed by atoms with Crippen molar-refractivity contribution < 1.29 is 4.79 Å². The zero-order valence-corrected chi connectivity index (χ0v) is 11.3. The summed E-state index contributed by atoms with van der Waals surface area (Å²) < 4.78 is 1.80. The highest BCUT2D eigenvalue weighted by Gasteiger charge is 2.17. The standard InChI is InChI=1S/C12H18N6O/c1-4-5-18-11(14-7-15-18)9(3)17-12(19)10-13-6-8(2)16-10/h6-7,9H,4-5H2,1-3H3,(H,13,16)(H,17,19). The SMILES string of the molecule is CCCn1ncnc1C(C)NC(=O)c1ncc(C)[nH]1. The molecular weight excluding hydrogens is 244 g/mol. The topological polar surface area (TPSA) is 88.5 Å². The van der Waals surface area contributed by atoms with Crippen molar-refractivity contribution in [1.82, 2.24) is 30.0 Å². The number of aryl methyl sites for hydroxylation is 2. The van der Waals surface area contributed by atoms with Crippen LogP contribution in [0, 0.1) is 6.92 Å². The van der Waals surface area contributed by atoms with E-state index < -0.39 is 0 Å². The summed E-state index contributed by atoms with van der Waals surface area (Å²) in [5.41, 5.74) is 0.854. The van der Waals surface area contributed by atoms with E-state index >= 15 is 0 Å². The first-order valence-corrected chi connectivity index (χ1v) is 6.32. The Bertz CT molecular complexity index is 558. The molecule has 2 rings (SSSR count). The molecule has 0 spiro atoms. The number of aromatic amines is 1. The fourth-order valence-electron chi connectivity index (χ4n) is 1.85. The Balaban J connectivity index is 2.06. The minimum atomic E-state index is -0.244. The van der Waals surface area contributed by atoms with Crippen LogP contribution in [0.4, 0.5) is 0 Å². The molecule has 0 saturated heterocycles. The van der Waals surface area contributed by atoms with Crippen LogP contribution in [-0.4, -0.2) is 30.6 Å². The highest BCUT2D eigenvalue weighted by Crippen LogP contribution is 2.09. The molecule has 0 fully saturated rings. The maximum atomic E-state index is 12.0. The molecule has 2 heterocycles. The van der Waals surface area contributed by atoms with E-state index in [2.05, 4.69) is 32.3 Å². The fourth-order valence-corrected chi connectivity index (χ4v) is 1.85. The lowest BCUT2D eigenvalue weighted by atomic mass is 10.3. The number of nitrogens with one attached hydrogen (secondary N) is 2.